The zero-order chi connectivity index (χ0) is 24.6. The van der Waals surface area contributed by atoms with Crippen LogP contribution in [0.1, 0.15) is 37.8 Å². The molecular formula is C24H32ClN3O4S. The van der Waals surface area contributed by atoms with Crippen LogP contribution in [0, 0.1) is 6.92 Å². The predicted octanol–water partition coefficient (Wildman–Crippen LogP) is 3.75. The van der Waals surface area contributed by atoms with Gasteiger partial charge in [0.15, 0.2) is 0 Å². The molecule has 0 bridgehead atoms. The number of rotatable bonds is 11. The number of nitrogens with one attached hydrogen (secondary N) is 1. The molecule has 0 aliphatic carbocycles. The van der Waals surface area contributed by atoms with E-state index in [9.17, 15) is 18.0 Å². The molecule has 2 rings (SSSR count). The Balaban J connectivity index is 2.41. The lowest BCUT2D eigenvalue weighted by molar-refractivity contribution is -0.140. The number of hydrogen-bond acceptors (Lipinski definition) is 4. The maximum Gasteiger partial charge on any atom is 0.244 e. The third-order valence-corrected chi connectivity index (χ3v) is 6.56. The first-order valence-electron chi connectivity index (χ1n) is 10.9. The topological polar surface area (TPSA) is 86.8 Å². The van der Waals surface area contributed by atoms with E-state index in [0.29, 0.717) is 23.7 Å². The second-order valence-corrected chi connectivity index (χ2v) is 10.3. The van der Waals surface area contributed by atoms with Gasteiger partial charge in [-0.05, 0) is 49.6 Å². The van der Waals surface area contributed by atoms with Crippen molar-refractivity contribution in [3.05, 3.63) is 64.7 Å². The van der Waals surface area contributed by atoms with Gasteiger partial charge in [0, 0.05) is 18.1 Å². The van der Waals surface area contributed by atoms with E-state index in [-0.39, 0.29) is 12.5 Å². The molecule has 1 atom stereocenters. The monoisotopic (exact) mass is 493 g/mol. The number of amides is 2. The summed E-state index contributed by atoms with van der Waals surface area (Å²) < 4.78 is 26.1. The van der Waals surface area contributed by atoms with Crippen LogP contribution in [-0.2, 0) is 26.2 Å². The molecule has 9 heteroatoms. The standard InChI is InChI=1S/C24H32ClN3O4S/c1-5-14-26-24(30)22(6-2)27(16-19-9-7-8-18(3)15-19)23(29)17-28(33(4,31)32)21-12-10-20(25)11-13-21/h7-13,15,22H,5-6,14,16-17H2,1-4H3,(H,26,30)/t22-/m1/s1. The summed E-state index contributed by atoms with van der Waals surface area (Å²) in [5.74, 6) is -0.715. The minimum atomic E-state index is -3.76. The van der Waals surface area contributed by atoms with Crippen LogP contribution < -0.4 is 9.62 Å². The number of carbonyl (C=O) groups is 2. The number of sulfonamides is 1. The van der Waals surface area contributed by atoms with Gasteiger partial charge in [-0.2, -0.15) is 0 Å². The molecule has 0 unspecified atom stereocenters. The first kappa shape index (κ1) is 26.7. The summed E-state index contributed by atoms with van der Waals surface area (Å²) in [5, 5.41) is 3.31. The van der Waals surface area contributed by atoms with Crippen molar-refractivity contribution >= 4 is 39.1 Å². The highest BCUT2D eigenvalue weighted by molar-refractivity contribution is 7.92. The number of carbonyl (C=O) groups excluding carboxylic acids is 2. The molecule has 0 aliphatic rings. The number of aryl methyl sites for hydroxylation is 1. The zero-order valence-corrected chi connectivity index (χ0v) is 21.1. The molecule has 33 heavy (non-hydrogen) atoms. The average Bonchev–Trinajstić information content (AvgIpc) is 2.75. The van der Waals surface area contributed by atoms with Gasteiger partial charge in [0.1, 0.15) is 12.6 Å². The zero-order valence-electron chi connectivity index (χ0n) is 19.5. The van der Waals surface area contributed by atoms with Crippen molar-refractivity contribution < 1.29 is 18.0 Å². The summed E-state index contributed by atoms with van der Waals surface area (Å²) in [6.07, 6.45) is 2.21. The first-order chi connectivity index (χ1) is 15.6. The number of nitrogens with zero attached hydrogens (tertiary/aromatic N) is 2. The Bertz CT molecular complexity index is 1060. The summed E-state index contributed by atoms with van der Waals surface area (Å²) >= 11 is 5.94. The van der Waals surface area contributed by atoms with Gasteiger partial charge in [0.05, 0.1) is 11.9 Å². The quantitative estimate of drug-likeness (QED) is 0.516. The van der Waals surface area contributed by atoms with Gasteiger partial charge in [0.2, 0.25) is 21.8 Å². The van der Waals surface area contributed by atoms with Crippen molar-refractivity contribution in [3.63, 3.8) is 0 Å². The summed E-state index contributed by atoms with van der Waals surface area (Å²) in [6, 6.07) is 13.2. The number of halogens is 1. The fraction of sp³-hybridized carbons (Fsp3) is 0.417. The second-order valence-electron chi connectivity index (χ2n) is 7.97. The average molecular weight is 494 g/mol. The van der Waals surface area contributed by atoms with E-state index >= 15 is 0 Å². The fourth-order valence-electron chi connectivity index (χ4n) is 3.51. The Hall–Kier alpha value is -2.58. The van der Waals surface area contributed by atoms with Crippen LogP contribution in [0.5, 0.6) is 0 Å². The fourth-order valence-corrected chi connectivity index (χ4v) is 4.49. The van der Waals surface area contributed by atoms with Crippen molar-refractivity contribution in [2.45, 2.75) is 46.2 Å². The molecule has 180 valence electrons. The smallest absolute Gasteiger partial charge is 0.244 e. The van der Waals surface area contributed by atoms with E-state index in [1.54, 1.807) is 24.3 Å². The highest BCUT2D eigenvalue weighted by Crippen LogP contribution is 2.22. The van der Waals surface area contributed by atoms with E-state index in [1.165, 1.54) is 4.90 Å². The maximum absolute atomic E-state index is 13.5. The van der Waals surface area contributed by atoms with Crippen molar-refractivity contribution in [1.82, 2.24) is 10.2 Å². The molecule has 0 saturated heterocycles. The van der Waals surface area contributed by atoms with Gasteiger partial charge in [-0.3, -0.25) is 13.9 Å². The molecular weight excluding hydrogens is 462 g/mol. The Morgan fingerprint density at radius 2 is 1.76 bits per heavy atom. The Morgan fingerprint density at radius 1 is 1.09 bits per heavy atom. The summed E-state index contributed by atoms with van der Waals surface area (Å²) in [4.78, 5) is 27.9. The molecule has 0 spiro atoms. The van der Waals surface area contributed by atoms with E-state index in [1.807, 2.05) is 45.0 Å². The minimum absolute atomic E-state index is 0.191. The van der Waals surface area contributed by atoms with Crippen LogP contribution in [0.25, 0.3) is 0 Å². The molecule has 0 radical (unpaired) electrons. The Labute approximate surface area is 201 Å². The molecule has 0 aromatic heterocycles. The van der Waals surface area contributed by atoms with E-state index < -0.39 is 28.5 Å². The largest absolute Gasteiger partial charge is 0.354 e. The molecule has 7 nitrogen and oxygen atoms in total. The summed E-state index contributed by atoms with van der Waals surface area (Å²) in [6.45, 7) is 6.00. The molecule has 2 aromatic rings. The minimum Gasteiger partial charge on any atom is -0.354 e. The third-order valence-electron chi connectivity index (χ3n) is 5.16. The molecule has 2 amide bonds. The van der Waals surface area contributed by atoms with Gasteiger partial charge in [0.25, 0.3) is 0 Å². The third kappa shape index (κ3) is 7.75. The molecule has 0 heterocycles. The van der Waals surface area contributed by atoms with Crippen LogP contribution in [-0.4, -0.2) is 50.5 Å². The van der Waals surface area contributed by atoms with Crippen LogP contribution >= 0.6 is 11.6 Å². The molecule has 0 fully saturated rings. The lowest BCUT2D eigenvalue weighted by Crippen LogP contribution is -2.52. The number of hydrogen-bond donors (Lipinski definition) is 1. The van der Waals surface area contributed by atoms with Crippen LogP contribution in [0.4, 0.5) is 5.69 Å². The van der Waals surface area contributed by atoms with Gasteiger partial charge in [-0.25, -0.2) is 8.42 Å². The maximum atomic E-state index is 13.5. The summed E-state index contributed by atoms with van der Waals surface area (Å²) in [5.41, 5.74) is 2.22. The van der Waals surface area contributed by atoms with Gasteiger partial charge >= 0.3 is 0 Å². The highest BCUT2D eigenvalue weighted by atomic mass is 35.5. The highest BCUT2D eigenvalue weighted by Gasteiger charge is 2.31. The summed E-state index contributed by atoms with van der Waals surface area (Å²) in [7, 11) is -3.76. The van der Waals surface area contributed by atoms with Crippen LogP contribution in [0.2, 0.25) is 5.02 Å². The molecule has 0 aliphatic heterocycles. The van der Waals surface area contributed by atoms with Crippen LogP contribution in [0.3, 0.4) is 0 Å². The molecule has 0 saturated carbocycles. The van der Waals surface area contributed by atoms with E-state index in [0.717, 1.165) is 28.1 Å². The number of benzene rings is 2. The Morgan fingerprint density at radius 3 is 2.30 bits per heavy atom. The van der Waals surface area contributed by atoms with Gasteiger partial charge in [-0.1, -0.05) is 55.3 Å². The van der Waals surface area contributed by atoms with Crippen molar-refractivity contribution in [1.29, 1.82) is 0 Å². The van der Waals surface area contributed by atoms with Crippen LogP contribution in [0.15, 0.2) is 48.5 Å². The SMILES string of the molecule is CCCNC(=O)[C@@H](CC)N(Cc1cccc(C)c1)C(=O)CN(c1ccc(Cl)cc1)S(C)(=O)=O. The van der Waals surface area contributed by atoms with Crippen molar-refractivity contribution in [3.8, 4) is 0 Å². The van der Waals surface area contributed by atoms with E-state index in [2.05, 4.69) is 5.32 Å². The lowest BCUT2D eigenvalue weighted by Gasteiger charge is -2.33. The predicted molar refractivity (Wildman–Crippen MR) is 133 cm³/mol. The number of anilines is 1. The van der Waals surface area contributed by atoms with Crippen molar-refractivity contribution in [2.24, 2.45) is 0 Å². The Kier molecular flexibility index (Phi) is 9.73. The van der Waals surface area contributed by atoms with E-state index in [4.69, 9.17) is 11.6 Å². The van der Waals surface area contributed by atoms with Gasteiger partial charge < -0.3 is 10.2 Å². The normalized spacial score (nSPS) is 12.2. The lowest BCUT2D eigenvalue weighted by atomic mass is 10.1. The second kappa shape index (κ2) is 12.0. The van der Waals surface area contributed by atoms with Gasteiger partial charge in [-0.15, -0.1) is 0 Å². The molecule has 2 aromatic carbocycles. The molecule has 1 N–H and O–H groups in total. The first-order valence-corrected chi connectivity index (χ1v) is 13.2. The van der Waals surface area contributed by atoms with Crippen molar-refractivity contribution in [2.75, 3.05) is 23.7 Å².